The second-order valence-electron chi connectivity index (χ2n) is 21.7. The van der Waals surface area contributed by atoms with E-state index in [1.54, 1.807) is 6.08 Å². The van der Waals surface area contributed by atoms with Crippen molar-refractivity contribution in [3.05, 3.63) is 97.2 Å². The van der Waals surface area contributed by atoms with Crippen LogP contribution in [0, 0.1) is 0 Å². The molecule has 9 heteroatoms. The highest BCUT2D eigenvalue weighted by atomic mass is 31.2. The van der Waals surface area contributed by atoms with Crippen LogP contribution in [0.1, 0.15) is 258 Å². The molecule has 3 unspecified atom stereocenters. The summed E-state index contributed by atoms with van der Waals surface area (Å²) in [5.41, 5.74) is 0. The first-order valence-corrected chi connectivity index (χ1v) is 32.1. The summed E-state index contributed by atoms with van der Waals surface area (Å²) >= 11 is 0. The topological polar surface area (TPSA) is 105 Å². The maximum Gasteiger partial charge on any atom is 0.472 e. The zero-order valence-corrected chi connectivity index (χ0v) is 49.7. The van der Waals surface area contributed by atoms with E-state index in [4.69, 9.17) is 9.05 Å². The Bertz CT molecular complexity index is 1520. The van der Waals surface area contributed by atoms with Crippen LogP contribution in [0.2, 0.25) is 0 Å². The molecule has 3 atom stereocenters. The lowest BCUT2D eigenvalue weighted by molar-refractivity contribution is -0.870. The highest BCUT2D eigenvalue weighted by molar-refractivity contribution is 7.47. The smallest absolute Gasteiger partial charge is 0.387 e. The molecule has 0 saturated carbocycles. The summed E-state index contributed by atoms with van der Waals surface area (Å²) in [6.07, 6.45) is 79.6. The lowest BCUT2D eigenvalue weighted by Crippen LogP contribution is -2.45. The van der Waals surface area contributed by atoms with Crippen molar-refractivity contribution in [2.24, 2.45) is 0 Å². The number of aliphatic hydroxyl groups is 1. The molecular weight excluding hydrogens is 936 g/mol. The molecule has 0 heterocycles. The molecule has 0 spiro atoms. The molecule has 0 bridgehead atoms. The van der Waals surface area contributed by atoms with Gasteiger partial charge in [-0.1, -0.05) is 265 Å². The highest BCUT2D eigenvalue weighted by Gasteiger charge is 2.27. The van der Waals surface area contributed by atoms with Gasteiger partial charge in [0, 0.05) is 6.42 Å². The number of phosphoric acid groups is 1. The standard InChI is InChI=1S/C65H117N2O6P/c1-6-8-10-12-14-16-18-20-22-24-26-28-30-31-32-33-34-35-37-38-40-42-44-46-48-50-52-54-56-58-64(68)63(62-73-74(70,71)72-61-60-67(3,4)5)66-65(69)59-57-55-53-51-49-47-45-43-41-39-36-29-27-25-23-21-19-17-15-13-11-9-7-2/h9,11,15,17,21,23,27,29,39,41,45,47-48,50,56,58,63-64,68H,6-8,10,12-14,16,18-20,22,24-26,28,30-38,40,42-44,46,49,51-55,57,59-62H2,1-5H3,(H-,66,69,70,71)/p+1/b11-9-,17-15-,23-21-,29-27-,41-39-,47-45-,50-48+,58-56+. The maximum atomic E-state index is 13.0. The summed E-state index contributed by atoms with van der Waals surface area (Å²) < 4.78 is 23.7. The van der Waals surface area contributed by atoms with E-state index >= 15 is 0 Å². The molecule has 0 aliphatic carbocycles. The number of phosphoric ester groups is 1. The average Bonchev–Trinajstić information content (AvgIpc) is 3.36. The lowest BCUT2D eigenvalue weighted by atomic mass is 10.0. The second kappa shape index (κ2) is 55.2. The van der Waals surface area contributed by atoms with Crippen LogP contribution < -0.4 is 5.32 Å². The summed E-state index contributed by atoms with van der Waals surface area (Å²) in [7, 11) is 1.53. The van der Waals surface area contributed by atoms with E-state index in [0.29, 0.717) is 17.4 Å². The number of unbranched alkanes of at least 4 members (excludes halogenated alkanes) is 28. The number of hydrogen-bond donors (Lipinski definition) is 3. The van der Waals surface area contributed by atoms with Crippen molar-refractivity contribution in [2.45, 2.75) is 270 Å². The molecule has 0 aromatic rings. The highest BCUT2D eigenvalue weighted by Crippen LogP contribution is 2.43. The van der Waals surface area contributed by atoms with Crippen molar-refractivity contribution in [1.82, 2.24) is 5.32 Å². The van der Waals surface area contributed by atoms with Gasteiger partial charge in [0.1, 0.15) is 13.2 Å². The quantitative estimate of drug-likeness (QED) is 0.0243. The third kappa shape index (κ3) is 57.1. The van der Waals surface area contributed by atoms with Gasteiger partial charge in [0.05, 0.1) is 39.9 Å². The van der Waals surface area contributed by atoms with Crippen LogP contribution in [0.25, 0.3) is 0 Å². The fourth-order valence-corrected chi connectivity index (χ4v) is 9.27. The number of rotatable bonds is 55. The molecule has 428 valence electrons. The van der Waals surface area contributed by atoms with E-state index in [1.165, 1.54) is 148 Å². The van der Waals surface area contributed by atoms with Crippen molar-refractivity contribution in [2.75, 3.05) is 40.9 Å². The Morgan fingerprint density at radius 2 is 0.824 bits per heavy atom. The Labute approximate surface area is 458 Å². The Kier molecular flexibility index (Phi) is 53.3. The number of nitrogens with one attached hydrogen (secondary N) is 1. The van der Waals surface area contributed by atoms with Crippen molar-refractivity contribution < 1.29 is 32.9 Å². The number of allylic oxidation sites excluding steroid dienone is 15. The largest absolute Gasteiger partial charge is 0.472 e. The molecule has 0 fully saturated rings. The minimum Gasteiger partial charge on any atom is -0.387 e. The van der Waals surface area contributed by atoms with Gasteiger partial charge in [-0.2, -0.15) is 0 Å². The first-order valence-electron chi connectivity index (χ1n) is 30.6. The van der Waals surface area contributed by atoms with Crippen molar-refractivity contribution in [1.29, 1.82) is 0 Å². The molecule has 1 amide bonds. The molecule has 3 N–H and O–H groups in total. The molecular formula is C65H118N2O6P+. The van der Waals surface area contributed by atoms with E-state index < -0.39 is 20.0 Å². The van der Waals surface area contributed by atoms with Gasteiger partial charge in [-0.25, -0.2) is 4.57 Å². The first kappa shape index (κ1) is 71.4. The van der Waals surface area contributed by atoms with Crippen LogP contribution in [-0.2, 0) is 18.4 Å². The fourth-order valence-electron chi connectivity index (χ4n) is 8.53. The second-order valence-corrected chi connectivity index (χ2v) is 23.1. The minimum atomic E-state index is -4.37. The average molecular weight is 1050 g/mol. The zero-order valence-electron chi connectivity index (χ0n) is 48.8. The third-order valence-electron chi connectivity index (χ3n) is 13.3. The molecule has 0 rings (SSSR count). The van der Waals surface area contributed by atoms with Gasteiger partial charge >= 0.3 is 7.82 Å². The van der Waals surface area contributed by atoms with Gasteiger partial charge in [-0.3, -0.25) is 13.8 Å². The molecule has 0 radical (unpaired) electrons. The summed E-state index contributed by atoms with van der Waals surface area (Å²) in [5.74, 6) is -0.213. The van der Waals surface area contributed by atoms with Crippen LogP contribution in [0.5, 0.6) is 0 Å². The first-order chi connectivity index (χ1) is 36.0. The SMILES string of the molecule is CC/C=C\C/C=C\C/C=C\C/C=C\C/C=C\C/C=C\CCCCCCC(=O)NC(COP(=O)(O)OCC[N+](C)(C)C)C(O)/C=C/CC/C=C/CCCCCCCCCCCCCCCCCCCCCCCCC. The van der Waals surface area contributed by atoms with Crippen LogP contribution in [0.15, 0.2) is 97.2 Å². The normalized spacial score (nSPS) is 14.5. The number of carbonyl (C=O) groups is 1. The van der Waals surface area contributed by atoms with Crippen molar-refractivity contribution >= 4 is 13.7 Å². The Balaban J connectivity index is 4.27. The predicted molar refractivity (Wildman–Crippen MR) is 322 cm³/mol. The number of carbonyl (C=O) groups excluding carboxylic acids is 1. The number of nitrogens with zero attached hydrogens (tertiary/aromatic N) is 1. The summed E-state index contributed by atoms with van der Waals surface area (Å²) in [6, 6.07) is -0.886. The number of quaternary nitrogens is 1. The van der Waals surface area contributed by atoms with Crippen molar-refractivity contribution in [3.63, 3.8) is 0 Å². The minimum absolute atomic E-state index is 0.0457. The van der Waals surface area contributed by atoms with Gasteiger partial charge in [0.15, 0.2) is 0 Å². The summed E-state index contributed by atoms with van der Waals surface area (Å²) in [6.45, 7) is 4.67. The summed E-state index contributed by atoms with van der Waals surface area (Å²) in [4.78, 5) is 23.3. The molecule has 0 aromatic heterocycles. The Morgan fingerprint density at radius 1 is 0.473 bits per heavy atom. The van der Waals surface area contributed by atoms with Gasteiger partial charge in [0.2, 0.25) is 5.91 Å². The predicted octanol–water partition coefficient (Wildman–Crippen LogP) is 19.0. The van der Waals surface area contributed by atoms with Crippen LogP contribution >= 0.6 is 7.82 Å². The Morgan fingerprint density at radius 3 is 1.24 bits per heavy atom. The van der Waals surface area contributed by atoms with Crippen LogP contribution in [0.3, 0.4) is 0 Å². The van der Waals surface area contributed by atoms with E-state index in [9.17, 15) is 19.4 Å². The van der Waals surface area contributed by atoms with Gasteiger partial charge in [0.25, 0.3) is 0 Å². The molecule has 0 saturated heterocycles. The Hall–Kier alpha value is -2.58. The van der Waals surface area contributed by atoms with Crippen LogP contribution in [-0.4, -0.2) is 73.4 Å². The third-order valence-corrected chi connectivity index (χ3v) is 14.3. The van der Waals surface area contributed by atoms with Gasteiger partial charge < -0.3 is 19.8 Å². The molecule has 74 heavy (non-hydrogen) atoms. The van der Waals surface area contributed by atoms with E-state index in [2.05, 4.69) is 104 Å². The summed E-state index contributed by atoms with van der Waals surface area (Å²) in [5, 5.41) is 13.9. The van der Waals surface area contributed by atoms with Gasteiger partial charge in [-0.05, 0) is 83.5 Å². The number of hydrogen-bond acceptors (Lipinski definition) is 5. The maximum absolute atomic E-state index is 13.0. The molecule has 8 nitrogen and oxygen atoms in total. The van der Waals surface area contributed by atoms with Crippen molar-refractivity contribution in [3.8, 4) is 0 Å². The van der Waals surface area contributed by atoms with Gasteiger partial charge in [-0.15, -0.1) is 0 Å². The van der Waals surface area contributed by atoms with E-state index in [0.717, 1.165) is 89.9 Å². The van der Waals surface area contributed by atoms with Crippen LogP contribution in [0.4, 0.5) is 0 Å². The molecule has 0 aromatic carbocycles. The zero-order chi connectivity index (χ0) is 54.2. The monoisotopic (exact) mass is 1050 g/mol. The lowest BCUT2D eigenvalue weighted by Gasteiger charge is -2.25. The number of aliphatic hydroxyl groups excluding tert-OH is 1. The number of likely N-dealkylation sites (N-methyl/N-ethyl adjacent to an activating group) is 1. The van der Waals surface area contributed by atoms with E-state index in [1.807, 2.05) is 27.2 Å². The number of amides is 1. The fraction of sp³-hybridized carbons (Fsp3) is 0.738. The molecule has 0 aliphatic heterocycles. The van der Waals surface area contributed by atoms with E-state index in [-0.39, 0.29) is 19.1 Å². The molecule has 0 aliphatic rings.